The Morgan fingerprint density at radius 1 is 0.895 bits per heavy atom. The van der Waals surface area contributed by atoms with Crippen molar-refractivity contribution in [3.63, 3.8) is 0 Å². The van der Waals surface area contributed by atoms with Crippen LogP contribution in [-0.2, 0) is 11.0 Å². The van der Waals surface area contributed by atoms with E-state index in [1.165, 1.54) is 0 Å². The summed E-state index contributed by atoms with van der Waals surface area (Å²) in [4.78, 5) is 21.6. The molecule has 0 radical (unpaired) electrons. The highest BCUT2D eigenvalue weighted by molar-refractivity contribution is 6.06. The summed E-state index contributed by atoms with van der Waals surface area (Å²) < 4.78 is 72.0. The predicted molar refractivity (Wildman–Crippen MR) is 50.0 cm³/mol. The molecule has 104 valence electrons. The molecule has 0 aliphatic rings. The van der Waals surface area contributed by atoms with Crippen molar-refractivity contribution in [1.82, 2.24) is 5.32 Å². The van der Waals surface area contributed by atoms with Gasteiger partial charge in [0.15, 0.2) is 0 Å². The van der Waals surface area contributed by atoms with Crippen LogP contribution in [0.2, 0.25) is 0 Å². The van der Waals surface area contributed by atoms with Crippen molar-refractivity contribution in [1.29, 1.82) is 0 Å². The van der Waals surface area contributed by atoms with Gasteiger partial charge in [-0.25, -0.2) is 0 Å². The van der Waals surface area contributed by atoms with Gasteiger partial charge in [-0.05, 0) is 24.3 Å². The second-order valence-corrected chi connectivity index (χ2v) is 3.36. The van der Waals surface area contributed by atoms with Crippen molar-refractivity contribution in [2.75, 3.05) is 0 Å². The van der Waals surface area contributed by atoms with E-state index >= 15 is 0 Å². The van der Waals surface area contributed by atoms with Gasteiger partial charge in [0.25, 0.3) is 5.91 Å². The summed E-state index contributed by atoms with van der Waals surface area (Å²) in [6.45, 7) is 0. The zero-order chi connectivity index (χ0) is 14.8. The molecule has 1 aromatic rings. The number of imide groups is 1. The normalized spacial score (nSPS) is 12.1. The monoisotopic (exact) mass is 285 g/mol. The fourth-order valence-corrected chi connectivity index (χ4v) is 1.06. The first-order chi connectivity index (χ1) is 8.51. The maximum atomic E-state index is 12.2. The number of rotatable bonds is 1. The van der Waals surface area contributed by atoms with Crippen molar-refractivity contribution < 1.29 is 35.9 Å². The van der Waals surface area contributed by atoms with E-state index in [9.17, 15) is 35.9 Å². The van der Waals surface area contributed by atoms with Crippen LogP contribution in [0.15, 0.2) is 24.3 Å². The minimum absolute atomic E-state index is 0.495. The first-order valence-corrected chi connectivity index (χ1v) is 4.61. The summed E-state index contributed by atoms with van der Waals surface area (Å²) in [7, 11) is 0. The van der Waals surface area contributed by atoms with Crippen LogP contribution in [0.5, 0.6) is 0 Å². The lowest BCUT2D eigenvalue weighted by molar-refractivity contribution is -0.172. The molecule has 0 saturated carbocycles. The average molecular weight is 285 g/mol. The Morgan fingerprint density at radius 3 is 1.74 bits per heavy atom. The summed E-state index contributed by atoms with van der Waals surface area (Å²) in [6.07, 6.45) is -9.88. The molecule has 2 amide bonds. The summed E-state index contributed by atoms with van der Waals surface area (Å²) in [5.41, 5.74) is -1.56. The molecule has 0 unspecified atom stereocenters. The Kier molecular flexibility index (Phi) is 3.87. The Hall–Kier alpha value is -2.06. The van der Waals surface area contributed by atoms with Gasteiger partial charge in [0.2, 0.25) is 0 Å². The van der Waals surface area contributed by atoms with E-state index in [1.807, 2.05) is 0 Å². The third-order valence-electron chi connectivity index (χ3n) is 1.96. The molecule has 0 aliphatic carbocycles. The van der Waals surface area contributed by atoms with Crippen molar-refractivity contribution >= 4 is 11.8 Å². The first kappa shape index (κ1) is 15.0. The molecule has 0 spiro atoms. The minimum atomic E-state index is -5.25. The van der Waals surface area contributed by atoms with Gasteiger partial charge < -0.3 is 0 Å². The van der Waals surface area contributed by atoms with Crippen LogP contribution in [0, 0.1) is 0 Å². The number of benzene rings is 1. The fraction of sp³-hybridized carbons (Fsp3) is 0.200. The third kappa shape index (κ3) is 3.97. The molecule has 0 aromatic heterocycles. The standard InChI is InChI=1S/C10H5F6NO2/c11-9(12,13)6-3-1-5(2-4-6)7(18)17-8(19)10(14,15)16/h1-4H,(H,17,18,19). The molecule has 3 nitrogen and oxygen atoms in total. The maximum Gasteiger partial charge on any atom is 0.471 e. The lowest BCUT2D eigenvalue weighted by Crippen LogP contribution is -2.40. The molecule has 0 aliphatic heterocycles. The summed E-state index contributed by atoms with van der Waals surface area (Å²) in [6, 6.07) is 2.38. The molecule has 0 atom stereocenters. The molecule has 19 heavy (non-hydrogen) atoms. The maximum absolute atomic E-state index is 12.2. The second kappa shape index (κ2) is 4.90. The molecule has 9 heteroatoms. The van der Waals surface area contributed by atoms with Gasteiger partial charge in [-0.1, -0.05) is 0 Å². The third-order valence-corrected chi connectivity index (χ3v) is 1.96. The fourth-order valence-electron chi connectivity index (χ4n) is 1.06. The highest BCUT2D eigenvalue weighted by atomic mass is 19.4. The lowest BCUT2D eigenvalue weighted by atomic mass is 10.1. The summed E-state index contributed by atoms with van der Waals surface area (Å²) in [5.74, 6) is -3.92. The second-order valence-electron chi connectivity index (χ2n) is 3.36. The molecule has 1 rings (SSSR count). The number of hydrogen-bond acceptors (Lipinski definition) is 2. The van der Waals surface area contributed by atoms with Gasteiger partial charge in [-0.2, -0.15) is 26.3 Å². The van der Waals surface area contributed by atoms with E-state index in [-0.39, 0.29) is 0 Å². The Balaban J connectivity index is 2.83. The zero-order valence-electron chi connectivity index (χ0n) is 8.89. The van der Waals surface area contributed by atoms with Gasteiger partial charge in [0.1, 0.15) is 0 Å². The first-order valence-electron chi connectivity index (χ1n) is 4.61. The minimum Gasteiger partial charge on any atom is -0.284 e. The number of hydrogen-bond donors (Lipinski definition) is 1. The molecule has 0 heterocycles. The van der Waals surface area contributed by atoms with E-state index in [4.69, 9.17) is 0 Å². The molecule has 1 aromatic carbocycles. The van der Waals surface area contributed by atoms with Crippen molar-refractivity contribution in [2.24, 2.45) is 0 Å². The van der Waals surface area contributed by atoms with E-state index in [2.05, 4.69) is 0 Å². The van der Waals surface area contributed by atoms with E-state index in [0.717, 1.165) is 5.32 Å². The Labute approximate surface area is 102 Å². The molecule has 1 N–H and O–H groups in total. The van der Waals surface area contributed by atoms with Crippen molar-refractivity contribution in [3.8, 4) is 0 Å². The smallest absolute Gasteiger partial charge is 0.284 e. The van der Waals surface area contributed by atoms with Crippen LogP contribution in [0.3, 0.4) is 0 Å². The zero-order valence-corrected chi connectivity index (χ0v) is 8.89. The Morgan fingerprint density at radius 2 is 1.37 bits per heavy atom. The summed E-state index contributed by atoms with van der Waals surface area (Å²) >= 11 is 0. The number of carbonyl (C=O) groups is 2. The van der Waals surface area contributed by atoms with Gasteiger partial charge in [0.05, 0.1) is 5.56 Å². The number of alkyl halides is 6. The molecular weight excluding hydrogens is 280 g/mol. The van der Waals surface area contributed by atoms with Crippen molar-refractivity contribution in [2.45, 2.75) is 12.4 Å². The van der Waals surface area contributed by atoms with Gasteiger partial charge in [-0.3, -0.25) is 14.9 Å². The van der Waals surface area contributed by atoms with Crippen LogP contribution in [-0.4, -0.2) is 18.0 Å². The van der Waals surface area contributed by atoms with Gasteiger partial charge in [-0.15, -0.1) is 0 Å². The predicted octanol–water partition coefficient (Wildman–Crippen LogP) is 2.52. The van der Waals surface area contributed by atoms with Gasteiger partial charge in [0, 0.05) is 5.56 Å². The quantitative estimate of drug-likeness (QED) is 0.806. The topological polar surface area (TPSA) is 46.2 Å². The van der Waals surface area contributed by atoms with Crippen LogP contribution < -0.4 is 5.32 Å². The van der Waals surface area contributed by atoms with Crippen LogP contribution in [0.1, 0.15) is 15.9 Å². The largest absolute Gasteiger partial charge is 0.471 e. The molecule has 0 saturated heterocycles. The Bertz CT molecular complexity index is 488. The van der Waals surface area contributed by atoms with Gasteiger partial charge >= 0.3 is 18.3 Å². The molecule has 0 bridgehead atoms. The highest BCUT2D eigenvalue weighted by Crippen LogP contribution is 2.29. The molecular formula is C10H5F6NO2. The summed E-state index contributed by atoms with van der Waals surface area (Å²) in [5, 5.41) is 1.01. The van der Waals surface area contributed by atoms with E-state index in [0.29, 0.717) is 24.3 Å². The van der Waals surface area contributed by atoms with Crippen molar-refractivity contribution in [3.05, 3.63) is 35.4 Å². The number of halogens is 6. The number of nitrogens with one attached hydrogen (secondary N) is 1. The highest BCUT2D eigenvalue weighted by Gasteiger charge is 2.40. The van der Waals surface area contributed by atoms with E-state index < -0.39 is 35.3 Å². The lowest BCUT2D eigenvalue weighted by Gasteiger charge is -2.08. The SMILES string of the molecule is O=C(NC(=O)C(F)(F)F)c1ccc(C(F)(F)F)cc1. The number of amides is 2. The average Bonchev–Trinajstić information content (AvgIpc) is 2.26. The van der Waals surface area contributed by atoms with Crippen LogP contribution in [0.4, 0.5) is 26.3 Å². The van der Waals surface area contributed by atoms with Crippen LogP contribution >= 0.6 is 0 Å². The van der Waals surface area contributed by atoms with Crippen LogP contribution in [0.25, 0.3) is 0 Å². The van der Waals surface area contributed by atoms with E-state index in [1.54, 1.807) is 0 Å². The molecule has 0 fully saturated rings. The number of carbonyl (C=O) groups excluding carboxylic acids is 2.